The van der Waals surface area contributed by atoms with Crippen LogP contribution in [0.5, 0.6) is 0 Å². The van der Waals surface area contributed by atoms with Gasteiger partial charge in [-0.1, -0.05) is 57.9 Å². The van der Waals surface area contributed by atoms with Gasteiger partial charge in [-0.2, -0.15) is 0 Å². The van der Waals surface area contributed by atoms with E-state index in [-0.39, 0.29) is 5.82 Å². The predicted molar refractivity (Wildman–Crippen MR) is 87.1 cm³/mol. The number of aliphatic hydroxyl groups excluding tert-OH is 1. The maximum atomic E-state index is 13.9. The van der Waals surface area contributed by atoms with Crippen LogP contribution in [-0.4, -0.2) is 5.11 Å². The van der Waals surface area contributed by atoms with Gasteiger partial charge in [0.05, 0.1) is 0 Å². The molecule has 0 aliphatic rings. The largest absolute Gasteiger partial charge is 0.384 e. The van der Waals surface area contributed by atoms with Crippen molar-refractivity contribution in [2.45, 2.75) is 6.10 Å². The van der Waals surface area contributed by atoms with Gasteiger partial charge in [0.2, 0.25) is 0 Å². The van der Waals surface area contributed by atoms with E-state index in [9.17, 15) is 9.50 Å². The Morgan fingerprint density at radius 1 is 1.00 bits per heavy atom. The van der Waals surface area contributed by atoms with Crippen molar-refractivity contribution in [2.75, 3.05) is 0 Å². The van der Waals surface area contributed by atoms with Gasteiger partial charge in [-0.05, 0) is 40.8 Å². The average molecular weight is 366 g/mol. The van der Waals surface area contributed by atoms with Gasteiger partial charge >= 0.3 is 0 Å². The van der Waals surface area contributed by atoms with Gasteiger partial charge in [-0.15, -0.1) is 0 Å². The lowest BCUT2D eigenvalue weighted by Crippen LogP contribution is -2.01. The molecule has 3 rings (SSSR count). The lowest BCUT2D eigenvalue weighted by Gasteiger charge is -2.15. The third-order valence-electron chi connectivity index (χ3n) is 3.40. The van der Waals surface area contributed by atoms with Crippen molar-refractivity contribution >= 4 is 38.3 Å². The fraction of sp³-hybridized carbons (Fsp3) is 0.0588. The Balaban J connectivity index is 2.18. The van der Waals surface area contributed by atoms with Gasteiger partial charge in [0.25, 0.3) is 0 Å². The molecular formula is C17H11BrClFO. The number of aliphatic hydroxyl groups is 1. The summed E-state index contributed by atoms with van der Waals surface area (Å²) >= 11 is 9.38. The molecular weight excluding hydrogens is 355 g/mol. The minimum atomic E-state index is -0.870. The van der Waals surface area contributed by atoms with Crippen LogP contribution in [0.2, 0.25) is 5.02 Å². The van der Waals surface area contributed by atoms with E-state index >= 15 is 0 Å². The smallest absolute Gasteiger partial charge is 0.131 e. The summed E-state index contributed by atoms with van der Waals surface area (Å²) in [6.45, 7) is 0. The summed E-state index contributed by atoms with van der Waals surface area (Å²) in [6, 6.07) is 15.3. The average Bonchev–Trinajstić information content (AvgIpc) is 2.46. The van der Waals surface area contributed by atoms with E-state index in [1.165, 1.54) is 6.07 Å². The van der Waals surface area contributed by atoms with E-state index in [2.05, 4.69) is 15.9 Å². The van der Waals surface area contributed by atoms with Crippen LogP contribution in [0.3, 0.4) is 0 Å². The molecule has 0 aliphatic heterocycles. The molecule has 0 radical (unpaired) electrons. The van der Waals surface area contributed by atoms with Crippen LogP contribution in [0.25, 0.3) is 10.8 Å². The number of benzene rings is 3. The highest BCUT2D eigenvalue weighted by atomic mass is 79.9. The number of fused-ring (bicyclic) bond motifs is 1. The molecule has 106 valence electrons. The number of hydrogen-bond acceptors (Lipinski definition) is 1. The minimum Gasteiger partial charge on any atom is -0.384 e. The van der Waals surface area contributed by atoms with Crippen molar-refractivity contribution in [3.05, 3.63) is 81.0 Å². The van der Waals surface area contributed by atoms with Crippen LogP contribution in [-0.2, 0) is 0 Å². The Bertz CT molecular complexity index is 799. The molecule has 3 aromatic carbocycles. The molecule has 1 atom stereocenters. The SMILES string of the molecule is OC(c1cc(Cl)cc(Br)c1)c1ccc(F)c2ccccc12. The zero-order valence-corrected chi connectivity index (χ0v) is 13.2. The van der Waals surface area contributed by atoms with E-state index in [0.717, 1.165) is 4.47 Å². The Kier molecular flexibility index (Phi) is 3.98. The maximum Gasteiger partial charge on any atom is 0.131 e. The zero-order valence-electron chi connectivity index (χ0n) is 10.9. The quantitative estimate of drug-likeness (QED) is 0.638. The summed E-state index contributed by atoms with van der Waals surface area (Å²) in [4.78, 5) is 0. The van der Waals surface area contributed by atoms with Crippen LogP contribution in [0.1, 0.15) is 17.2 Å². The molecule has 0 fully saturated rings. The predicted octanol–water partition coefficient (Wildman–Crippen LogP) is 5.48. The summed E-state index contributed by atoms with van der Waals surface area (Å²) < 4.78 is 14.6. The van der Waals surface area contributed by atoms with Crippen molar-refractivity contribution in [1.29, 1.82) is 0 Å². The summed E-state index contributed by atoms with van der Waals surface area (Å²) in [5, 5.41) is 12.4. The van der Waals surface area contributed by atoms with Gasteiger partial charge < -0.3 is 5.11 Å². The number of hydrogen-bond donors (Lipinski definition) is 1. The molecule has 21 heavy (non-hydrogen) atoms. The van der Waals surface area contributed by atoms with Crippen molar-refractivity contribution in [3.63, 3.8) is 0 Å². The van der Waals surface area contributed by atoms with Gasteiger partial charge in [0, 0.05) is 14.9 Å². The van der Waals surface area contributed by atoms with Gasteiger partial charge in [-0.3, -0.25) is 0 Å². The first-order valence-corrected chi connectivity index (χ1v) is 7.54. The van der Waals surface area contributed by atoms with E-state index in [1.54, 1.807) is 42.5 Å². The molecule has 0 saturated carbocycles. The number of rotatable bonds is 2. The molecule has 4 heteroatoms. The monoisotopic (exact) mass is 364 g/mol. The third-order valence-corrected chi connectivity index (χ3v) is 4.08. The summed E-state index contributed by atoms with van der Waals surface area (Å²) in [5.41, 5.74) is 1.31. The summed E-state index contributed by atoms with van der Waals surface area (Å²) in [7, 11) is 0. The highest BCUT2D eigenvalue weighted by Crippen LogP contribution is 2.32. The maximum absolute atomic E-state index is 13.9. The van der Waals surface area contributed by atoms with E-state index in [1.807, 2.05) is 6.07 Å². The first-order valence-electron chi connectivity index (χ1n) is 6.37. The summed E-state index contributed by atoms with van der Waals surface area (Å²) in [5.74, 6) is -0.297. The Hall–Kier alpha value is -1.42. The molecule has 0 saturated heterocycles. The standard InChI is InChI=1S/C17H11BrClFO/c18-11-7-10(8-12(19)9-11)17(21)15-5-6-16(20)14-4-2-1-3-13(14)15/h1-9,17,21H. The second-order valence-corrected chi connectivity index (χ2v) is 6.14. The van der Waals surface area contributed by atoms with Crippen molar-refractivity contribution in [3.8, 4) is 0 Å². The molecule has 0 spiro atoms. The Labute approximate surface area is 135 Å². The summed E-state index contributed by atoms with van der Waals surface area (Å²) in [6.07, 6.45) is -0.870. The second kappa shape index (κ2) is 5.76. The van der Waals surface area contributed by atoms with Crippen LogP contribution in [0, 0.1) is 5.82 Å². The fourth-order valence-electron chi connectivity index (χ4n) is 2.44. The van der Waals surface area contributed by atoms with Gasteiger partial charge in [-0.25, -0.2) is 4.39 Å². The molecule has 1 N–H and O–H groups in total. The molecule has 1 unspecified atom stereocenters. The molecule has 3 aromatic rings. The van der Waals surface area contributed by atoms with Crippen molar-refractivity contribution < 1.29 is 9.50 Å². The van der Waals surface area contributed by atoms with Crippen molar-refractivity contribution in [2.24, 2.45) is 0 Å². The van der Waals surface area contributed by atoms with Gasteiger partial charge in [0.15, 0.2) is 0 Å². The molecule has 0 heterocycles. The second-order valence-electron chi connectivity index (χ2n) is 4.79. The molecule has 0 bridgehead atoms. The van der Waals surface area contributed by atoms with Crippen molar-refractivity contribution in [1.82, 2.24) is 0 Å². The molecule has 1 nitrogen and oxygen atoms in total. The first kappa shape index (κ1) is 14.5. The molecule has 0 aliphatic carbocycles. The fourth-order valence-corrected chi connectivity index (χ4v) is 3.32. The third kappa shape index (κ3) is 2.82. The normalized spacial score (nSPS) is 12.6. The van der Waals surface area contributed by atoms with Crippen LogP contribution < -0.4 is 0 Å². The van der Waals surface area contributed by atoms with Crippen LogP contribution in [0.4, 0.5) is 4.39 Å². The molecule has 0 amide bonds. The molecule has 0 aromatic heterocycles. The lowest BCUT2D eigenvalue weighted by molar-refractivity contribution is 0.222. The topological polar surface area (TPSA) is 20.2 Å². The minimum absolute atomic E-state index is 0.297. The Morgan fingerprint density at radius 3 is 2.43 bits per heavy atom. The first-order chi connectivity index (χ1) is 10.1. The number of halogens is 3. The van der Waals surface area contributed by atoms with Crippen LogP contribution >= 0.6 is 27.5 Å². The Morgan fingerprint density at radius 2 is 1.71 bits per heavy atom. The highest BCUT2D eigenvalue weighted by molar-refractivity contribution is 9.10. The zero-order chi connectivity index (χ0) is 15.0. The van der Waals surface area contributed by atoms with Crippen LogP contribution in [0.15, 0.2) is 59.1 Å². The highest BCUT2D eigenvalue weighted by Gasteiger charge is 2.16. The van der Waals surface area contributed by atoms with Gasteiger partial charge in [0.1, 0.15) is 11.9 Å². The van der Waals surface area contributed by atoms with E-state index in [0.29, 0.717) is 26.9 Å². The van der Waals surface area contributed by atoms with E-state index < -0.39 is 6.10 Å². The lowest BCUT2D eigenvalue weighted by atomic mass is 9.95. The van der Waals surface area contributed by atoms with E-state index in [4.69, 9.17) is 11.6 Å².